The monoisotopic (exact) mass is 561 g/mol. The molecule has 2 heterocycles. The van der Waals surface area contributed by atoms with E-state index in [0.29, 0.717) is 12.6 Å². The number of hydrogen-bond donors (Lipinski definition) is 1. The fraction of sp³-hybridized carbons (Fsp3) is 0.708. The van der Waals surface area contributed by atoms with Gasteiger partial charge in [-0.2, -0.15) is 0 Å². The molecule has 0 amide bonds. The summed E-state index contributed by atoms with van der Waals surface area (Å²) in [5.74, 6) is 2.55. The van der Waals surface area contributed by atoms with Crippen LogP contribution in [0.15, 0.2) is 29.3 Å². The van der Waals surface area contributed by atoms with Gasteiger partial charge in [-0.1, -0.05) is 6.07 Å². The van der Waals surface area contributed by atoms with Crippen molar-refractivity contribution in [3.63, 3.8) is 0 Å². The Morgan fingerprint density at radius 3 is 2.69 bits per heavy atom. The zero-order valence-electron chi connectivity index (χ0n) is 19.8. The molecule has 1 aromatic rings. The van der Waals surface area contributed by atoms with Crippen molar-refractivity contribution in [3.05, 3.63) is 24.3 Å². The second-order valence-corrected chi connectivity index (χ2v) is 8.31. The van der Waals surface area contributed by atoms with E-state index in [4.69, 9.17) is 23.9 Å². The van der Waals surface area contributed by atoms with Crippen molar-refractivity contribution in [1.29, 1.82) is 0 Å². The first-order chi connectivity index (χ1) is 15.2. The highest BCUT2D eigenvalue weighted by Crippen LogP contribution is 2.20. The average Bonchev–Trinajstić information content (AvgIpc) is 2.81. The molecule has 0 radical (unpaired) electrons. The second-order valence-electron chi connectivity index (χ2n) is 8.31. The van der Waals surface area contributed by atoms with E-state index in [1.165, 1.54) is 12.8 Å². The lowest BCUT2D eigenvalue weighted by molar-refractivity contribution is -0.0721. The molecule has 2 unspecified atom stereocenters. The lowest BCUT2D eigenvalue weighted by atomic mass is 10.1. The van der Waals surface area contributed by atoms with Gasteiger partial charge in [-0.15, -0.1) is 24.0 Å². The SMILES string of the molecule is CCNC(=NCC(C)Oc1cccc(OC)c1)N1CCC(OCC2CCCCO2)CC1.I. The van der Waals surface area contributed by atoms with Crippen molar-refractivity contribution >= 4 is 29.9 Å². The molecule has 32 heavy (non-hydrogen) atoms. The number of piperidine rings is 1. The summed E-state index contributed by atoms with van der Waals surface area (Å²) in [7, 11) is 1.66. The number of ether oxygens (including phenoxy) is 4. The number of hydrogen-bond acceptors (Lipinski definition) is 5. The normalized spacial score (nSPS) is 20.9. The summed E-state index contributed by atoms with van der Waals surface area (Å²) in [4.78, 5) is 7.17. The fourth-order valence-electron chi connectivity index (χ4n) is 4.00. The van der Waals surface area contributed by atoms with Gasteiger partial charge in [-0.25, -0.2) is 4.99 Å². The van der Waals surface area contributed by atoms with Gasteiger partial charge in [-0.3, -0.25) is 0 Å². The third-order valence-electron chi connectivity index (χ3n) is 5.74. The Balaban J connectivity index is 0.00000363. The van der Waals surface area contributed by atoms with Crippen molar-refractivity contribution in [1.82, 2.24) is 10.2 Å². The number of likely N-dealkylation sites (tertiary alicyclic amines) is 1. The van der Waals surface area contributed by atoms with Crippen LogP contribution in [-0.2, 0) is 9.47 Å². The van der Waals surface area contributed by atoms with Crippen LogP contribution in [0.4, 0.5) is 0 Å². The number of nitrogens with zero attached hydrogens (tertiary/aromatic N) is 2. The molecule has 0 spiro atoms. The lowest BCUT2D eigenvalue weighted by Crippen LogP contribution is -2.47. The van der Waals surface area contributed by atoms with Gasteiger partial charge in [-0.05, 0) is 58.1 Å². The van der Waals surface area contributed by atoms with Crippen molar-refractivity contribution in [2.75, 3.05) is 46.5 Å². The third kappa shape index (κ3) is 8.94. The number of guanidine groups is 1. The van der Waals surface area contributed by atoms with Crippen LogP contribution in [0.3, 0.4) is 0 Å². The summed E-state index contributed by atoms with van der Waals surface area (Å²) in [6.07, 6.45) is 6.19. The number of aliphatic imine (C=N–C) groups is 1. The summed E-state index contributed by atoms with van der Waals surface area (Å²) in [6, 6.07) is 7.68. The highest BCUT2D eigenvalue weighted by molar-refractivity contribution is 14.0. The number of benzene rings is 1. The molecule has 2 saturated heterocycles. The van der Waals surface area contributed by atoms with E-state index >= 15 is 0 Å². The van der Waals surface area contributed by atoms with Crippen molar-refractivity contribution in [2.45, 2.75) is 64.3 Å². The first-order valence-electron chi connectivity index (χ1n) is 11.7. The van der Waals surface area contributed by atoms with Crippen molar-refractivity contribution < 1.29 is 18.9 Å². The minimum atomic E-state index is -0.0304. The Morgan fingerprint density at radius 1 is 1.22 bits per heavy atom. The molecular weight excluding hydrogens is 521 g/mol. The smallest absolute Gasteiger partial charge is 0.194 e. The van der Waals surface area contributed by atoms with Gasteiger partial charge >= 0.3 is 0 Å². The molecule has 0 aliphatic carbocycles. The lowest BCUT2D eigenvalue weighted by Gasteiger charge is -2.35. The Bertz CT molecular complexity index is 677. The zero-order chi connectivity index (χ0) is 21.9. The predicted molar refractivity (Wildman–Crippen MR) is 139 cm³/mol. The summed E-state index contributed by atoms with van der Waals surface area (Å²) in [6.45, 7) is 9.10. The van der Waals surface area contributed by atoms with Crippen LogP contribution >= 0.6 is 24.0 Å². The van der Waals surface area contributed by atoms with Crippen LogP contribution in [0.25, 0.3) is 0 Å². The quantitative estimate of drug-likeness (QED) is 0.279. The highest BCUT2D eigenvalue weighted by atomic mass is 127. The second kappa shape index (κ2) is 14.8. The minimum absolute atomic E-state index is 0. The van der Waals surface area contributed by atoms with Gasteiger partial charge in [0, 0.05) is 32.3 Å². The summed E-state index contributed by atoms with van der Waals surface area (Å²) in [5, 5.41) is 3.43. The first-order valence-corrected chi connectivity index (χ1v) is 11.7. The van der Waals surface area contributed by atoms with Crippen molar-refractivity contribution in [3.8, 4) is 11.5 Å². The van der Waals surface area contributed by atoms with E-state index in [1.54, 1.807) is 7.11 Å². The largest absolute Gasteiger partial charge is 0.497 e. The zero-order valence-corrected chi connectivity index (χ0v) is 22.1. The van der Waals surface area contributed by atoms with Crippen LogP contribution < -0.4 is 14.8 Å². The first kappa shape index (κ1) is 27.0. The molecular formula is C24H40IN3O4. The molecule has 7 nitrogen and oxygen atoms in total. The van der Waals surface area contributed by atoms with E-state index in [-0.39, 0.29) is 36.2 Å². The molecule has 2 atom stereocenters. The van der Waals surface area contributed by atoms with Gasteiger partial charge in [0.05, 0.1) is 32.5 Å². The van der Waals surface area contributed by atoms with Crippen molar-refractivity contribution in [2.24, 2.45) is 4.99 Å². The van der Waals surface area contributed by atoms with Crippen LogP contribution in [0.5, 0.6) is 11.5 Å². The van der Waals surface area contributed by atoms with Gasteiger partial charge in [0.15, 0.2) is 5.96 Å². The third-order valence-corrected chi connectivity index (χ3v) is 5.74. The standard InChI is InChI=1S/C24H39N3O4.HI/c1-4-25-24(26-17-19(2)31-22-10-7-9-21(16-22)28-3)27-13-11-20(12-14-27)30-18-23-8-5-6-15-29-23;/h7,9-10,16,19-20,23H,4-6,8,11-15,17-18H2,1-3H3,(H,25,26);1H. The maximum Gasteiger partial charge on any atom is 0.194 e. The average molecular weight is 562 g/mol. The number of rotatable bonds is 9. The van der Waals surface area contributed by atoms with E-state index in [1.807, 2.05) is 31.2 Å². The molecule has 3 rings (SSSR count). The summed E-state index contributed by atoms with van der Waals surface area (Å²) in [5.41, 5.74) is 0. The molecule has 8 heteroatoms. The number of methoxy groups -OCH3 is 1. The Labute approximate surface area is 210 Å². The summed E-state index contributed by atoms with van der Waals surface area (Å²) >= 11 is 0. The summed E-state index contributed by atoms with van der Waals surface area (Å²) < 4.78 is 23.2. The van der Waals surface area contributed by atoms with E-state index in [0.717, 1.165) is 69.6 Å². The van der Waals surface area contributed by atoms with Gasteiger partial charge in [0.25, 0.3) is 0 Å². The van der Waals surface area contributed by atoms with Crippen LogP contribution in [0.1, 0.15) is 46.0 Å². The molecule has 182 valence electrons. The Morgan fingerprint density at radius 2 is 2.00 bits per heavy atom. The molecule has 0 aromatic heterocycles. The molecule has 0 saturated carbocycles. The van der Waals surface area contributed by atoms with Gasteiger partial charge in [0.1, 0.15) is 17.6 Å². The van der Waals surface area contributed by atoms with E-state index in [2.05, 4.69) is 17.1 Å². The van der Waals surface area contributed by atoms with Gasteiger partial charge < -0.3 is 29.2 Å². The van der Waals surface area contributed by atoms with Crippen LogP contribution in [0.2, 0.25) is 0 Å². The number of halogens is 1. The Kier molecular flexibility index (Phi) is 12.5. The molecule has 1 N–H and O–H groups in total. The fourth-order valence-corrected chi connectivity index (χ4v) is 4.00. The van der Waals surface area contributed by atoms with Crippen LogP contribution in [-0.4, -0.2) is 75.7 Å². The molecule has 2 aliphatic heterocycles. The van der Waals surface area contributed by atoms with E-state index in [9.17, 15) is 0 Å². The predicted octanol–water partition coefficient (Wildman–Crippen LogP) is 4.10. The number of nitrogens with one attached hydrogen (secondary N) is 1. The maximum absolute atomic E-state index is 6.15. The topological polar surface area (TPSA) is 64.6 Å². The highest BCUT2D eigenvalue weighted by Gasteiger charge is 2.24. The minimum Gasteiger partial charge on any atom is -0.497 e. The molecule has 2 aliphatic rings. The maximum atomic E-state index is 6.15. The van der Waals surface area contributed by atoms with Crippen LogP contribution in [0, 0.1) is 0 Å². The molecule has 1 aromatic carbocycles. The Hall–Kier alpha value is -1.26. The van der Waals surface area contributed by atoms with E-state index < -0.39 is 0 Å². The molecule has 0 bridgehead atoms. The van der Waals surface area contributed by atoms with Gasteiger partial charge in [0.2, 0.25) is 0 Å². The molecule has 2 fully saturated rings.